The summed E-state index contributed by atoms with van der Waals surface area (Å²) in [4.78, 5) is 32.3. The Morgan fingerprint density at radius 2 is 1.69 bits per heavy atom. The smallest absolute Gasteiger partial charge is 0.270 e. The van der Waals surface area contributed by atoms with Gasteiger partial charge in [0.1, 0.15) is 5.69 Å². The van der Waals surface area contributed by atoms with Gasteiger partial charge in [-0.1, -0.05) is 0 Å². The molecule has 1 saturated heterocycles. The summed E-state index contributed by atoms with van der Waals surface area (Å²) in [5, 5.41) is 0. The zero-order valence-corrected chi connectivity index (χ0v) is 16.1. The lowest BCUT2D eigenvalue weighted by Crippen LogP contribution is -2.37. The first-order chi connectivity index (χ1) is 12.4. The Labute approximate surface area is 154 Å². The molecule has 0 saturated carbocycles. The zero-order chi connectivity index (χ0) is 18.8. The van der Waals surface area contributed by atoms with Crippen molar-refractivity contribution in [2.75, 3.05) is 26.2 Å². The number of H-pyrrole nitrogens is 1. The number of aromatic nitrogens is 2. The van der Waals surface area contributed by atoms with Crippen molar-refractivity contribution in [3.8, 4) is 0 Å². The fourth-order valence-electron chi connectivity index (χ4n) is 3.92. The maximum atomic E-state index is 13.1. The minimum Gasteiger partial charge on any atom is -0.357 e. The standard InChI is InChI=1S/C20H28N4O2/c1-14(2)24-15(3)13-17(16(24)4)19(25)22-9-6-10-23(12-11-22)20(26)18-7-5-8-21-18/h5,7-8,13-14,21H,6,9-12H2,1-4H3. The molecule has 1 N–H and O–H groups in total. The summed E-state index contributed by atoms with van der Waals surface area (Å²) in [7, 11) is 0. The maximum Gasteiger partial charge on any atom is 0.270 e. The van der Waals surface area contributed by atoms with Crippen molar-refractivity contribution in [3.05, 3.63) is 47.0 Å². The van der Waals surface area contributed by atoms with Gasteiger partial charge in [-0.3, -0.25) is 9.59 Å². The van der Waals surface area contributed by atoms with Gasteiger partial charge >= 0.3 is 0 Å². The van der Waals surface area contributed by atoms with E-state index >= 15 is 0 Å². The molecule has 3 rings (SSSR count). The molecule has 26 heavy (non-hydrogen) atoms. The molecule has 3 heterocycles. The van der Waals surface area contributed by atoms with E-state index in [2.05, 4.69) is 23.4 Å². The number of amides is 2. The van der Waals surface area contributed by atoms with Crippen LogP contribution in [0.4, 0.5) is 0 Å². The van der Waals surface area contributed by atoms with Crippen molar-refractivity contribution < 1.29 is 9.59 Å². The SMILES string of the molecule is Cc1cc(C(=O)N2CCCN(C(=O)c3ccc[nH]3)CC2)c(C)n1C(C)C. The van der Waals surface area contributed by atoms with Gasteiger partial charge in [-0.05, 0) is 52.3 Å². The lowest BCUT2D eigenvalue weighted by Gasteiger charge is -2.22. The highest BCUT2D eigenvalue weighted by Gasteiger charge is 2.26. The highest BCUT2D eigenvalue weighted by molar-refractivity contribution is 5.96. The number of hydrogen-bond donors (Lipinski definition) is 1. The van der Waals surface area contributed by atoms with Gasteiger partial charge in [0.05, 0.1) is 5.56 Å². The molecule has 0 aromatic carbocycles. The number of aryl methyl sites for hydroxylation is 1. The average Bonchev–Trinajstić information content (AvgIpc) is 3.15. The van der Waals surface area contributed by atoms with Crippen LogP contribution in [0.3, 0.4) is 0 Å². The Morgan fingerprint density at radius 3 is 2.23 bits per heavy atom. The normalized spacial score (nSPS) is 15.4. The monoisotopic (exact) mass is 356 g/mol. The van der Waals surface area contributed by atoms with Crippen molar-refractivity contribution in [3.63, 3.8) is 0 Å². The summed E-state index contributed by atoms with van der Waals surface area (Å²) in [5.41, 5.74) is 3.51. The van der Waals surface area contributed by atoms with Crippen LogP contribution in [0, 0.1) is 13.8 Å². The topological polar surface area (TPSA) is 61.3 Å². The highest BCUT2D eigenvalue weighted by Crippen LogP contribution is 2.22. The molecule has 0 bridgehead atoms. The molecule has 1 aliphatic rings. The number of nitrogens with one attached hydrogen (secondary N) is 1. The number of nitrogens with zero attached hydrogens (tertiary/aromatic N) is 3. The van der Waals surface area contributed by atoms with Gasteiger partial charge in [0.2, 0.25) is 0 Å². The lowest BCUT2D eigenvalue weighted by molar-refractivity contribution is 0.0715. The van der Waals surface area contributed by atoms with Gasteiger partial charge in [-0.25, -0.2) is 0 Å². The Bertz CT molecular complexity index is 789. The van der Waals surface area contributed by atoms with Crippen LogP contribution in [-0.4, -0.2) is 57.3 Å². The first-order valence-electron chi connectivity index (χ1n) is 9.30. The lowest BCUT2D eigenvalue weighted by atomic mass is 10.2. The number of hydrogen-bond acceptors (Lipinski definition) is 2. The largest absolute Gasteiger partial charge is 0.357 e. The van der Waals surface area contributed by atoms with Gasteiger partial charge < -0.3 is 19.4 Å². The van der Waals surface area contributed by atoms with E-state index in [1.165, 1.54) is 0 Å². The third-order valence-electron chi connectivity index (χ3n) is 5.13. The number of carbonyl (C=O) groups is 2. The van der Waals surface area contributed by atoms with Gasteiger partial charge in [0.15, 0.2) is 0 Å². The summed E-state index contributed by atoms with van der Waals surface area (Å²) < 4.78 is 2.20. The highest BCUT2D eigenvalue weighted by atomic mass is 16.2. The fourth-order valence-corrected chi connectivity index (χ4v) is 3.92. The molecule has 2 amide bonds. The third kappa shape index (κ3) is 3.41. The van der Waals surface area contributed by atoms with Crippen LogP contribution < -0.4 is 0 Å². The van der Waals surface area contributed by atoms with Crippen molar-refractivity contribution in [1.82, 2.24) is 19.4 Å². The van der Waals surface area contributed by atoms with Crippen LogP contribution in [-0.2, 0) is 0 Å². The van der Waals surface area contributed by atoms with E-state index in [1.807, 2.05) is 35.8 Å². The van der Waals surface area contributed by atoms with E-state index in [-0.39, 0.29) is 11.8 Å². The summed E-state index contributed by atoms with van der Waals surface area (Å²) in [6.07, 6.45) is 2.55. The Hall–Kier alpha value is -2.50. The molecule has 2 aromatic rings. The average molecular weight is 356 g/mol. The van der Waals surface area contributed by atoms with E-state index in [0.717, 1.165) is 23.4 Å². The minimum absolute atomic E-state index is 0.00212. The molecular weight excluding hydrogens is 328 g/mol. The van der Waals surface area contributed by atoms with E-state index in [4.69, 9.17) is 0 Å². The molecule has 0 radical (unpaired) electrons. The van der Waals surface area contributed by atoms with E-state index in [0.29, 0.717) is 37.9 Å². The molecular formula is C20H28N4O2. The number of aromatic amines is 1. The van der Waals surface area contributed by atoms with E-state index in [1.54, 1.807) is 12.3 Å². The van der Waals surface area contributed by atoms with Crippen LogP contribution >= 0.6 is 0 Å². The van der Waals surface area contributed by atoms with Crippen LogP contribution in [0.1, 0.15) is 58.5 Å². The predicted molar refractivity (Wildman–Crippen MR) is 102 cm³/mol. The predicted octanol–water partition coefficient (Wildman–Crippen LogP) is 3.00. The molecule has 1 aliphatic heterocycles. The Balaban J connectivity index is 1.72. The van der Waals surface area contributed by atoms with Crippen LogP contribution in [0.15, 0.2) is 24.4 Å². The summed E-state index contributed by atoms with van der Waals surface area (Å²) in [6.45, 7) is 10.8. The zero-order valence-electron chi connectivity index (χ0n) is 16.1. The molecule has 2 aromatic heterocycles. The fraction of sp³-hybridized carbons (Fsp3) is 0.500. The number of carbonyl (C=O) groups excluding carboxylic acids is 2. The van der Waals surface area contributed by atoms with Gasteiger partial charge in [-0.15, -0.1) is 0 Å². The molecule has 6 heteroatoms. The summed E-state index contributed by atoms with van der Waals surface area (Å²) in [6, 6.07) is 5.93. The summed E-state index contributed by atoms with van der Waals surface area (Å²) >= 11 is 0. The second kappa shape index (κ2) is 7.40. The quantitative estimate of drug-likeness (QED) is 0.919. The van der Waals surface area contributed by atoms with Crippen molar-refractivity contribution in [2.45, 2.75) is 40.2 Å². The van der Waals surface area contributed by atoms with E-state index in [9.17, 15) is 9.59 Å². The van der Waals surface area contributed by atoms with Crippen molar-refractivity contribution in [2.24, 2.45) is 0 Å². The van der Waals surface area contributed by atoms with Crippen LogP contribution in [0.2, 0.25) is 0 Å². The number of rotatable bonds is 3. The molecule has 0 spiro atoms. The first-order valence-corrected chi connectivity index (χ1v) is 9.30. The van der Waals surface area contributed by atoms with Crippen molar-refractivity contribution in [1.29, 1.82) is 0 Å². The van der Waals surface area contributed by atoms with E-state index < -0.39 is 0 Å². The first kappa shape index (κ1) is 18.3. The second-order valence-electron chi connectivity index (χ2n) is 7.27. The maximum absolute atomic E-state index is 13.1. The van der Waals surface area contributed by atoms with Crippen molar-refractivity contribution >= 4 is 11.8 Å². The van der Waals surface area contributed by atoms with Crippen LogP contribution in [0.25, 0.3) is 0 Å². The van der Waals surface area contributed by atoms with Crippen LogP contribution in [0.5, 0.6) is 0 Å². The van der Waals surface area contributed by atoms with Gasteiger partial charge in [0.25, 0.3) is 11.8 Å². The molecule has 6 nitrogen and oxygen atoms in total. The minimum atomic E-state index is 0.00212. The Kier molecular flexibility index (Phi) is 5.20. The molecule has 0 unspecified atom stereocenters. The third-order valence-corrected chi connectivity index (χ3v) is 5.13. The molecule has 140 valence electrons. The molecule has 0 aliphatic carbocycles. The Morgan fingerprint density at radius 1 is 1.04 bits per heavy atom. The second-order valence-corrected chi connectivity index (χ2v) is 7.27. The van der Waals surface area contributed by atoms with Gasteiger partial charge in [-0.2, -0.15) is 0 Å². The summed E-state index contributed by atoms with van der Waals surface area (Å²) in [5.74, 6) is 0.0708. The molecule has 1 fully saturated rings. The van der Waals surface area contributed by atoms with Gasteiger partial charge in [0, 0.05) is 49.8 Å². The molecule has 0 atom stereocenters.